The highest BCUT2D eigenvalue weighted by molar-refractivity contribution is 8.01. The number of halogens is 1. The molecule has 0 spiro atoms. The molecule has 1 aliphatic rings. The van der Waals surface area contributed by atoms with E-state index in [1.54, 1.807) is 12.1 Å². The fourth-order valence-electron chi connectivity index (χ4n) is 2.61. The molecule has 0 aromatic heterocycles. The van der Waals surface area contributed by atoms with Crippen LogP contribution in [0.2, 0.25) is 5.02 Å². The summed E-state index contributed by atoms with van der Waals surface area (Å²) in [7, 11) is 0. The normalized spacial score (nSPS) is 15.8. The number of anilines is 1. The molecule has 0 fully saturated rings. The van der Waals surface area contributed by atoms with Crippen LogP contribution in [0.4, 0.5) is 5.69 Å². The van der Waals surface area contributed by atoms with Gasteiger partial charge in [0.2, 0.25) is 11.8 Å². The summed E-state index contributed by atoms with van der Waals surface area (Å²) >= 11 is 7.32. The summed E-state index contributed by atoms with van der Waals surface area (Å²) in [4.78, 5) is 25.4. The van der Waals surface area contributed by atoms with Gasteiger partial charge in [-0.25, -0.2) is 0 Å². The number of fused-ring (bicyclic) bond motifs is 1. The number of carbonyl (C=O) groups is 2. The summed E-state index contributed by atoms with van der Waals surface area (Å²) in [6.07, 6.45) is 0.115. The number of nitrogens with one attached hydrogen (secondary N) is 2. The standard InChI is InChI=1S/C19H19ClN2O3S/c1-2-25-14-5-3-4-12(8-14)11-21-18(23)10-17-19(24)22-15-9-13(20)6-7-16(15)26-17/h3-9,17H,2,10-11H2,1H3,(H,21,23)(H,22,24). The van der Waals surface area contributed by atoms with Crippen LogP contribution in [0.3, 0.4) is 0 Å². The summed E-state index contributed by atoms with van der Waals surface area (Å²) in [5.74, 6) is 0.423. The molecule has 0 radical (unpaired) electrons. The Morgan fingerprint density at radius 1 is 1.31 bits per heavy atom. The van der Waals surface area contributed by atoms with Gasteiger partial charge in [-0.05, 0) is 42.8 Å². The Balaban J connectivity index is 1.56. The minimum absolute atomic E-state index is 0.115. The molecular weight excluding hydrogens is 372 g/mol. The molecule has 1 heterocycles. The average molecular weight is 391 g/mol. The van der Waals surface area contributed by atoms with Crippen LogP contribution in [0, 0.1) is 0 Å². The molecule has 5 nitrogen and oxygen atoms in total. The maximum absolute atomic E-state index is 12.3. The van der Waals surface area contributed by atoms with Gasteiger partial charge in [-0.2, -0.15) is 0 Å². The first kappa shape index (κ1) is 18.6. The molecule has 1 atom stereocenters. The number of amides is 2. The number of hydrogen-bond donors (Lipinski definition) is 2. The van der Waals surface area contributed by atoms with Crippen molar-refractivity contribution >= 4 is 40.9 Å². The van der Waals surface area contributed by atoms with Crippen molar-refractivity contribution in [2.24, 2.45) is 0 Å². The molecule has 7 heteroatoms. The number of thioether (sulfide) groups is 1. The van der Waals surface area contributed by atoms with Crippen LogP contribution >= 0.6 is 23.4 Å². The molecule has 0 saturated carbocycles. The van der Waals surface area contributed by atoms with E-state index in [0.717, 1.165) is 16.2 Å². The van der Waals surface area contributed by atoms with Gasteiger partial charge in [-0.1, -0.05) is 23.7 Å². The van der Waals surface area contributed by atoms with Crippen LogP contribution < -0.4 is 15.4 Å². The van der Waals surface area contributed by atoms with E-state index in [2.05, 4.69) is 10.6 Å². The zero-order valence-electron chi connectivity index (χ0n) is 14.3. The second-order valence-electron chi connectivity index (χ2n) is 5.80. The molecule has 2 aromatic rings. The Hall–Kier alpha value is -2.18. The van der Waals surface area contributed by atoms with Crippen LogP contribution in [-0.4, -0.2) is 23.7 Å². The third kappa shape index (κ3) is 4.71. The van der Waals surface area contributed by atoms with Gasteiger partial charge in [-0.3, -0.25) is 9.59 Å². The number of rotatable bonds is 6. The molecule has 1 unspecified atom stereocenters. The quantitative estimate of drug-likeness (QED) is 0.786. The van der Waals surface area contributed by atoms with Gasteiger partial charge in [0.05, 0.1) is 17.5 Å². The summed E-state index contributed by atoms with van der Waals surface area (Å²) in [5.41, 5.74) is 1.64. The predicted octanol–water partition coefficient (Wildman–Crippen LogP) is 3.86. The summed E-state index contributed by atoms with van der Waals surface area (Å²) < 4.78 is 5.45. The second kappa shape index (κ2) is 8.47. The first-order chi connectivity index (χ1) is 12.5. The molecule has 0 bridgehead atoms. The van der Waals surface area contributed by atoms with Crippen LogP contribution in [0.15, 0.2) is 47.4 Å². The third-order valence-corrected chi connectivity index (χ3v) is 5.34. The number of hydrogen-bond acceptors (Lipinski definition) is 4. The summed E-state index contributed by atoms with van der Waals surface area (Å²) in [6.45, 7) is 2.91. The summed E-state index contributed by atoms with van der Waals surface area (Å²) in [5, 5.41) is 5.78. The monoisotopic (exact) mass is 390 g/mol. The van der Waals surface area contributed by atoms with Crippen molar-refractivity contribution in [1.29, 1.82) is 0 Å². The maximum Gasteiger partial charge on any atom is 0.238 e. The minimum Gasteiger partial charge on any atom is -0.494 e. The van der Waals surface area contributed by atoms with Crippen LogP contribution in [0.25, 0.3) is 0 Å². The lowest BCUT2D eigenvalue weighted by Gasteiger charge is -2.23. The fourth-order valence-corrected chi connectivity index (χ4v) is 3.87. The number of benzene rings is 2. The highest BCUT2D eigenvalue weighted by atomic mass is 35.5. The number of ether oxygens (including phenoxy) is 1. The molecule has 3 rings (SSSR count). The predicted molar refractivity (Wildman–Crippen MR) is 104 cm³/mol. The van der Waals surface area contributed by atoms with Crippen molar-refractivity contribution < 1.29 is 14.3 Å². The maximum atomic E-state index is 12.3. The highest BCUT2D eigenvalue weighted by Gasteiger charge is 2.29. The van der Waals surface area contributed by atoms with Crippen molar-refractivity contribution in [3.63, 3.8) is 0 Å². The zero-order valence-corrected chi connectivity index (χ0v) is 15.8. The largest absolute Gasteiger partial charge is 0.494 e. The SMILES string of the molecule is CCOc1cccc(CNC(=O)CC2Sc3ccc(Cl)cc3NC2=O)c1. The van der Waals surface area contributed by atoms with E-state index in [0.29, 0.717) is 23.9 Å². The lowest BCUT2D eigenvalue weighted by atomic mass is 10.2. The van der Waals surface area contributed by atoms with Crippen molar-refractivity contribution in [1.82, 2.24) is 5.32 Å². The van der Waals surface area contributed by atoms with E-state index in [1.165, 1.54) is 11.8 Å². The topological polar surface area (TPSA) is 67.4 Å². The first-order valence-corrected chi connectivity index (χ1v) is 9.56. The van der Waals surface area contributed by atoms with Gasteiger partial charge in [-0.15, -0.1) is 11.8 Å². The van der Waals surface area contributed by atoms with Crippen molar-refractivity contribution in [2.45, 2.75) is 30.0 Å². The van der Waals surface area contributed by atoms with Crippen LogP contribution in [0.5, 0.6) is 5.75 Å². The molecule has 0 aliphatic carbocycles. The van der Waals surface area contributed by atoms with E-state index in [4.69, 9.17) is 16.3 Å². The van der Waals surface area contributed by atoms with Gasteiger partial charge in [0.1, 0.15) is 5.75 Å². The second-order valence-corrected chi connectivity index (χ2v) is 7.48. The number of carbonyl (C=O) groups excluding carboxylic acids is 2. The first-order valence-electron chi connectivity index (χ1n) is 8.30. The van der Waals surface area contributed by atoms with Crippen molar-refractivity contribution in [3.8, 4) is 5.75 Å². The zero-order chi connectivity index (χ0) is 18.5. The Kier molecular flexibility index (Phi) is 6.06. The van der Waals surface area contributed by atoms with Gasteiger partial charge in [0, 0.05) is 22.9 Å². The molecule has 136 valence electrons. The van der Waals surface area contributed by atoms with Gasteiger partial charge < -0.3 is 15.4 Å². The molecule has 0 saturated heterocycles. The fraction of sp³-hybridized carbons (Fsp3) is 0.263. The molecule has 2 aromatic carbocycles. The molecule has 26 heavy (non-hydrogen) atoms. The van der Waals surface area contributed by atoms with Crippen LogP contribution in [0.1, 0.15) is 18.9 Å². The Morgan fingerprint density at radius 3 is 2.96 bits per heavy atom. The van der Waals surface area contributed by atoms with Crippen molar-refractivity contribution in [2.75, 3.05) is 11.9 Å². The summed E-state index contributed by atoms with van der Waals surface area (Å²) in [6, 6.07) is 12.9. The minimum atomic E-state index is -0.460. The van der Waals surface area contributed by atoms with E-state index in [9.17, 15) is 9.59 Å². The lowest BCUT2D eigenvalue weighted by Crippen LogP contribution is -2.34. The van der Waals surface area contributed by atoms with Gasteiger partial charge >= 0.3 is 0 Å². The molecule has 1 aliphatic heterocycles. The molecule has 2 amide bonds. The van der Waals surface area contributed by atoms with Crippen LogP contribution in [-0.2, 0) is 16.1 Å². The lowest BCUT2D eigenvalue weighted by molar-refractivity contribution is -0.124. The van der Waals surface area contributed by atoms with Crippen molar-refractivity contribution in [3.05, 3.63) is 53.1 Å². The van der Waals surface area contributed by atoms with E-state index < -0.39 is 5.25 Å². The Bertz CT molecular complexity index is 828. The smallest absolute Gasteiger partial charge is 0.238 e. The Morgan fingerprint density at radius 2 is 2.15 bits per heavy atom. The van der Waals surface area contributed by atoms with E-state index in [-0.39, 0.29) is 18.2 Å². The average Bonchev–Trinajstić information content (AvgIpc) is 2.61. The molecular formula is C19H19ClN2O3S. The Labute approximate surface area is 161 Å². The third-order valence-electron chi connectivity index (χ3n) is 3.83. The highest BCUT2D eigenvalue weighted by Crippen LogP contribution is 2.38. The van der Waals surface area contributed by atoms with E-state index in [1.807, 2.05) is 37.3 Å². The van der Waals surface area contributed by atoms with E-state index >= 15 is 0 Å². The van der Waals surface area contributed by atoms with Gasteiger partial charge in [0.15, 0.2) is 0 Å². The van der Waals surface area contributed by atoms with Gasteiger partial charge in [0.25, 0.3) is 0 Å². The molecule has 2 N–H and O–H groups in total.